The van der Waals surface area contributed by atoms with Crippen molar-refractivity contribution in [3.63, 3.8) is 0 Å². The van der Waals surface area contributed by atoms with Crippen molar-refractivity contribution < 1.29 is 4.79 Å². The number of hydrogen-bond donors (Lipinski definition) is 2. The van der Waals surface area contributed by atoms with Crippen LogP contribution in [0.25, 0.3) is 0 Å². The molecular weight excluding hydrogens is 244 g/mol. The number of rotatable bonds is 5. The van der Waals surface area contributed by atoms with Gasteiger partial charge in [0.15, 0.2) is 0 Å². The third-order valence-electron chi connectivity index (χ3n) is 3.72. The summed E-state index contributed by atoms with van der Waals surface area (Å²) >= 11 is 1.70. The van der Waals surface area contributed by atoms with E-state index in [4.69, 9.17) is 5.73 Å². The average molecular weight is 266 g/mol. The van der Waals surface area contributed by atoms with Gasteiger partial charge in [-0.25, -0.2) is 0 Å². The molecule has 1 atom stereocenters. The van der Waals surface area contributed by atoms with Gasteiger partial charge < -0.3 is 11.1 Å². The molecule has 2 rings (SSSR count). The number of thiophene rings is 1. The highest BCUT2D eigenvalue weighted by atomic mass is 32.1. The molecule has 1 aliphatic rings. The van der Waals surface area contributed by atoms with E-state index in [9.17, 15) is 4.79 Å². The molecule has 4 heteroatoms. The van der Waals surface area contributed by atoms with Gasteiger partial charge in [-0.3, -0.25) is 4.79 Å². The highest BCUT2D eigenvalue weighted by molar-refractivity contribution is 7.10. The Morgan fingerprint density at radius 2 is 2.28 bits per heavy atom. The van der Waals surface area contributed by atoms with Gasteiger partial charge in [-0.05, 0) is 30.7 Å². The molecule has 1 aromatic rings. The summed E-state index contributed by atoms with van der Waals surface area (Å²) in [6.45, 7) is 2.14. The Hall–Kier alpha value is -0.870. The van der Waals surface area contributed by atoms with Crippen molar-refractivity contribution in [2.24, 2.45) is 5.73 Å². The van der Waals surface area contributed by atoms with E-state index in [1.807, 2.05) is 6.07 Å². The molecule has 3 nitrogen and oxygen atoms in total. The van der Waals surface area contributed by atoms with Crippen LogP contribution in [0.2, 0.25) is 0 Å². The van der Waals surface area contributed by atoms with Crippen molar-refractivity contribution in [3.05, 3.63) is 22.4 Å². The van der Waals surface area contributed by atoms with Crippen LogP contribution in [0.5, 0.6) is 0 Å². The Morgan fingerprint density at radius 1 is 1.56 bits per heavy atom. The predicted octanol–water partition coefficient (Wildman–Crippen LogP) is 2.98. The molecule has 100 valence electrons. The first-order chi connectivity index (χ1) is 8.65. The normalized spacial score (nSPS) is 19.7. The van der Waals surface area contributed by atoms with E-state index < -0.39 is 5.54 Å². The summed E-state index contributed by atoms with van der Waals surface area (Å²) < 4.78 is 0. The van der Waals surface area contributed by atoms with Crippen LogP contribution in [0.1, 0.15) is 56.4 Å². The summed E-state index contributed by atoms with van der Waals surface area (Å²) in [6.07, 6.45) is 5.82. The Labute approximate surface area is 113 Å². The van der Waals surface area contributed by atoms with Crippen molar-refractivity contribution in [1.82, 2.24) is 5.32 Å². The third kappa shape index (κ3) is 2.93. The highest BCUT2D eigenvalue weighted by Gasteiger charge is 2.37. The lowest BCUT2D eigenvalue weighted by atomic mass is 9.97. The maximum Gasteiger partial charge on any atom is 0.240 e. The molecule has 1 aliphatic carbocycles. The molecule has 0 aliphatic heterocycles. The lowest BCUT2D eigenvalue weighted by molar-refractivity contribution is -0.127. The minimum atomic E-state index is -0.622. The fraction of sp³-hybridized carbons (Fsp3) is 0.643. The Bertz CT molecular complexity index is 383. The quantitative estimate of drug-likeness (QED) is 0.861. The number of hydrogen-bond acceptors (Lipinski definition) is 3. The summed E-state index contributed by atoms with van der Waals surface area (Å²) in [5, 5.41) is 5.20. The number of amides is 1. The molecule has 0 radical (unpaired) electrons. The van der Waals surface area contributed by atoms with Gasteiger partial charge >= 0.3 is 0 Å². The second-order valence-corrected chi connectivity index (χ2v) is 6.17. The number of nitrogens with one attached hydrogen (secondary N) is 1. The average Bonchev–Trinajstić information content (AvgIpc) is 2.99. The minimum absolute atomic E-state index is 0.0341. The molecule has 0 aromatic carbocycles. The summed E-state index contributed by atoms with van der Waals surface area (Å²) in [7, 11) is 0. The van der Waals surface area contributed by atoms with Gasteiger partial charge in [0.1, 0.15) is 0 Å². The molecular formula is C14H22N2OS. The van der Waals surface area contributed by atoms with Crippen molar-refractivity contribution in [1.29, 1.82) is 0 Å². The second-order valence-electron chi connectivity index (χ2n) is 5.19. The summed E-state index contributed by atoms with van der Waals surface area (Å²) in [5.74, 6) is 0.0341. The zero-order valence-corrected chi connectivity index (χ0v) is 11.8. The largest absolute Gasteiger partial charge is 0.347 e. The molecule has 18 heavy (non-hydrogen) atoms. The fourth-order valence-electron chi connectivity index (χ4n) is 2.60. The zero-order chi connectivity index (χ0) is 13.0. The van der Waals surface area contributed by atoms with Gasteiger partial charge in [-0.15, -0.1) is 11.3 Å². The van der Waals surface area contributed by atoms with Gasteiger partial charge in [-0.1, -0.05) is 32.3 Å². The predicted molar refractivity (Wildman–Crippen MR) is 75.5 cm³/mol. The molecule has 3 N–H and O–H groups in total. The zero-order valence-electron chi connectivity index (χ0n) is 10.9. The summed E-state index contributed by atoms with van der Waals surface area (Å²) in [5.41, 5.74) is 5.57. The Balaban J connectivity index is 2.03. The van der Waals surface area contributed by atoms with E-state index in [1.54, 1.807) is 11.3 Å². The van der Waals surface area contributed by atoms with E-state index in [0.717, 1.165) is 38.5 Å². The monoisotopic (exact) mass is 266 g/mol. The minimum Gasteiger partial charge on any atom is -0.347 e. The number of carbonyl (C=O) groups is 1. The molecule has 1 fully saturated rings. The van der Waals surface area contributed by atoms with E-state index in [0.29, 0.717) is 0 Å². The highest BCUT2D eigenvalue weighted by Crippen LogP contribution is 2.29. The van der Waals surface area contributed by atoms with Crippen LogP contribution in [0.15, 0.2) is 17.5 Å². The van der Waals surface area contributed by atoms with Crippen LogP contribution in [0.4, 0.5) is 0 Å². The fourth-order valence-corrected chi connectivity index (χ4v) is 3.41. The van der Waals surface area contributed by atoms with Gasteiger partial charge in [0, 0.05) is 4.88 Å². The molecule has 0 saturated heterocycles. The van der Waals surface area contributed by atoms with Crippen LogP contribution in [0.3, 0.4) is 0 Å². The van der Waals surface area contributed by atoms with Crippen LogP contribution >= 0.6 is 11.3 Å². The lowest BCUT2D eigenvalue weighted by Gasteiger charge is -2.26. The van der Waals surface area contributed by atoms with Crippen LogP contribution in [0, 0.1) is 0 Å². The summed E-state index contributed by atoms with van der Waals surface area (Å²) in [4.78, 5) is 13.5. The molecule has 0 bridgehead atoms. The van der Waals surface area contributed by atoms with Gasteiger partial charge in [0.05, 0.1) is 11.6 Å². The van der Waals surface area contributed by atoms with E-state index >= 15 is 0 Å². The van der Waals surface area contributed by atoms with Gasteiger partial charge in [0.25, 0.3) is 0 Å². The molecule has 0 spiro atoms. The summed E-state index contributed by atoms with van der Waals surface area (Å²) in [6, 6.07) is 4.25. The Morgan fingerprint density at radius 3 is 2.83 bits per heavy atom. The SMILES string of the molecule is CCCC(NC(=O)C1(N)CCCC1)c1cccs1. The van der Waals surface area contributed by atoms with E-state index in [1.165, 1.54) is 4.88 Å². The van der Waals surface area contributed by atoms with E-state index in [2.05, 4.69) is 23.7 Å². The number of carbonyl (C=O) groups excluding carboxylic acids is 1. The molecule has 1 saturated carbocycles. The smallest absolute Gasteiger partial charge is 0.240 e. The van der Waals surface area contributed by atoms with Crippen molar-refractivity contribution in [2.45, 2.75) is 57.0 Å². The van der Waals surface area contributed by atoms with Gasteiger partial charge in [0.2, 0.25) is 5.91 Å². The van der Waals surface area contributed by atoms with Crippen molar-refractivity contribution >= 4 is 17.2 Å². The van der Waals surface area contributed by atoms with Crippen LogP contribution < -0.4 is 11.1 Å². The lowest BCUT2D eigenvalue weighted by Crippen LogP contribution is -2.52. The second kappa shape index (κ2) is 5.85. The third-order valence-corrected chi connectivity index (χ3v) is 4.70. The maximum absolute atomic E-state index is 12.3. The first-order valence-corrected chi connectivity index (χ1v) is 7.67. The van der Waals surface area contributed by atoms with Crippen molar-refractivity contribution in [2.75, 3.05) is 0 Å². The van der Waals surface area contributed by atoms with Crippen LogP contribution in [-0.2, 0) is 4.79 Å². The molecule has 1 amide bonds. The molecule has 1 aromatic heterocycles. The molecule has 1 unspecified atom stereocenters. The number of nitrogens with two attached hydrogens (primary N) is 1. The first kappa shape index (κ1) is 13.6. The van der Waals surface area contributed by atoms with Crippen LogP contribution in [-0.4, -0.2) is 11.4 Å². The van der Waals surface area contributed by atoms with E-state index in [-0.39, 0.29) is 11.9 Å². The molecule has 1 heterocycles. The topological polar surface area (TPSA) is 55.1 Å². The maximum atomic E-state index is 12.3. The first-order valence-electron chi connectivity index (χ1n) is 6.79. The van der Waals surface area contributed by atoms with Crippen molar-refractivity contribution in [3.8, 4) is 0 Å². The van der Waals surface area contributed by atoms with Gasteiger partial charge in [-0.2, -0.15) is 0 Å². The standard InChI is InChI=1S/C14H22N2OS/c1-2-6-11(12-7-5-10-18-12)16-13(17)14(15)8-3-4-9-14/h5,7,10-11H,2-4,6,8-9,15H2,1H3,(H,16,17). The Kier molecular flexibility index (Phi) is 4.40.